The first kappa shape index (κ1) is 32.6. The third-order valence-corrected chi connectivity index (χ3v) is 5.83. The molecule has 31 heavy (non-hydrogen) atoms. The van der Waals surface area contributed by atoms with Crippen molar-refractivity contribution in [2.45, 2.75) is 150 Å². The van der Waals surface area contributed by atoms with E-state index in [1.807, 2.05) is 0 Å². The Morgan fingerprint density at radius 2 is 0.806 bits per heavy atom. The molecule has 0 N–H and O–H groups in total. The summed E-state index contributed by atoms with van der Waals surface area (Å²) in [6, 6.07) is 0. The van der Waals surface area contributed by atoms with Crippen molar-refractivity contribution >= 4 is 5.97 Å². The number of rotatable bonds is 22. The minimum absolute atomic E-state index is 0.211. The molecule has 0 aliphatic rings. The van der Waals surface area contributed by atoms with E-state index >= 15 is 0 Å². The molecule has 188 valence electrons. The third-order valence-electron chi connectivity index (χ3n) is 5.83. The normalized spacial score (nSPS) is 10.8. The highest BCUT2D eigenvalue weighted by atomic mass is 16.5. The molecular weight excluding hydrogens is 382 g/mol. The maximum Gasteiger partial charge on any atom is 0.302 e. The quantitative estimate of drug-likeness (QED) is 0.124. The van der Waals surface area contributed by atoms with Crippen LogP contribution < -0.4 is 0 Å². The van der Waals surface area contributed by atoms with E-state index in [2.05, 4.69) is 30.4 Å². The zero-order valence-corrected chi connectivity index (χ0v) is 22.3. The second-order valence-corrected chi connectivity index (χ2v) is 9.07. The van der Waals surface area contributed by atoms with Gasteiger partial charge in [0.15, 0.2) is 0 Å². The number of unbranched alkanes of at least 4 members (excludes halogenated alkanes) is 15. The zero-order valence-electron chi connectivity index (χ0n) is 22.3. The second kappa shape index (κ2) is 29.4. The molecule has 0 bridgehead atoms. The van der Waals surface area contributed by atoms with Crippen LogP contribution in [0.2, 0.25) is 0 Å². The lowest BCUT2D eigenvalue weighted by Gasteiger charge is -2.22. The van der Waals surface area contributed by atoms with Crippen LogP contribution in [0.3, 0.4) is 0 Å². The minimum Gasteiger partial charge on any atom is -0.466 e. The molecule has 0 fully saturated rings. The highest BCUT2D eigenvalue weighted by molar-refractivity contribution is 5.65. The van der Waals surface area contributed by atoms with Crippen LogP contribution in [-0.4, -0.2) is 37.1 Å². The average Bonchev–Trinajstić information content (AvgIpc) is 2.75. The number of esters is 1. The highest BCUT2D eigenvalue weighted by Gasteiger charge is 2.05. The second-order valence-electron chi connectivity index (χ2n) is 9.07. The van der Waals surface area contributed by atoms with Crippen molar-refractivity contribution in [1.82, 2.24) is 4.90 Å². The van der Waals surface area contributed by atoms with Crippen LogP contribution in [0.25, 0.3) is 0 Å². The van der Waals surface area contributed by atoms with Gasteiger partial charge in [0.2, 0.25) is 0 Å². The van der Waals surface area contributed by atoms with E-state index in [0.717, 1.165) is 0 Å². The van der Waals surface area contributed by atoms with Crippen LogP contribution in [0.5, 0.6) is 0 Å². The van der Waals surface area contributed by atoms with E-state index < -0.39 is 0 Å². The van der Waals surface area contributed by atoms with E-state index in [4.69, 9.17) is 0 Å². The van der Waals surface area contributed by atoms with E-state index in [-0.39, 0.29) is 5.97 Å². The molecule has 0 spiro atoms. The number of hydrogen-bond acceptors (Lipinski definition) is 3. The van der Waals surface area contributed by atoms with Crippen molar-refractivity contribution in [3.05, 3.63) is 0 Å². The Kier molecular flexibility index (Phi) is 31.0. The molecule has 0 aliphatic carbocycles. The first-order valence-electron chi connectivity index (χ1n) is 14.0. The van der Waals surface area contributed by atoms with Crippen LogP contribution in [-0.2, 0) is 9.53 Å². The summed E-state index contributed by atoms with van der Waals surface area (Å²) in [5, 5.41) is 0. The van der Waals surface area contributed by atoms with Gasteiger partial charge in [-0.1, -0.05) is 117 Å². The molecule has 0 rings (SSSR count). The Balaban J connectivity index is 0. The number of hydrogen-bond donors (Lipinski definition) is 0. The lowest BCUT2D eigenvalue weighted by Crippen LogP contribution is -2.27. The molecule has 0 atom stereocenters. The lowest BCUT2D eigenvalue weighted by molar-refractivity contribution is -0.140. The van der Waals surface area contributed by atoms with Gasteiger partial charge >= 0.3 is 5.97 Å². The first-order chi connectivity index (χ1) is 15.1. The number of carbonyl (C=O) groups is 1. The van der Waals surface area contributed by atoms with Gasteiger partial charge in [-0.05, 0) is 45.8 Å². The third kappa shape index (κ3) is 31.7. The molecule has 3 heteroatoms. The van der Waals surface area contributed by atoms with E-state index in [0.29, 0.717) is 6.61 Å². The molecule has 0 heterocycles. The Hall–Kier alpha value is -0.570. The minimum atomic E-state index is -0.211. The Labute approximate surface area is 197 Å². The first-order valence-corrected chi connectivity index (χ1v) is 14.0. The van der Waals surface area contributed by atoms with Crippen molar-refractivity contribution in [1.29, 1.82) is 0 Å². The maximum atomic E-state index is 9.82. The van der Waals surface area contributed by atoms with Crippen LogP contribution in [0.4, 0.5) is 0 Å². The van der Waals surface area contributed by atoms with Gasteiger partial charge < -0.3 is 9.64 Å². The fraction of sp³-hybridized carbons (Fsp3) is 0.964. The monoisotopic (exact) mass is 441 g/mol. The van der Waals surface area contributed by atoms with Gasteiger partial charge in [0.25, 0.3) is 0 Å². The molecule has 0 amide bonds. The SMILES string of the molecule is CCCCCCCCN(CCCCCCCC)CCCCCCCC.CCOC(C)=O. The van der Waals surface area contributed by atoms with Crippen molar-refractivity contribution in [3.63, 3.8) is 0 Å². The Bertz CT molecular complexity index is 295. The standard InChI is InChI=1S/C24H51N.C4H8O2/c1-4-7-10-13-16-19-22-25(23-20-17-14-11-8-5-2)24-21-18-15-12-9-6-3;1-3-6-4(2)5/h4-24H2,1-3H3;3H2,1-2H3. The largest absolute Gasteiger partial charge is 0.466 e. The van der Waals surface area contributed by atoms with Gasteiger partial charge in [-0.3, -0.25) is 4.79 Å². The molecule has 0 saturated carbocycles. The smallest absolute Gasteiger partial charge is 0.302 e. The fourth-order valence-corrected chi connectivity index (χ4v) is 3.89. The summed E-state index contributed by atoms with van der Waals surface area (Å²) in [6.07, 6.45) is 25.7. The maximum absolute atomic E-state index is 9.82. The number of ether oxygens (including phenoxy) is 1. The van der Waals surface area contributed by atoms with E-state index in [1.165, 1.54) is 142 Å². The van der Waals surface area contributed by atoms with Crippen molar-refractivity contribution in [2.24, 2.45) is 0 Å². The molecular formula is C28H59NO2. The predicted octanol–water partition coefficient (Wildman–Crippen LogP) is 8.94. The fourth-order valence-electron chi connectivity index (χ4n) is 3.89. The van der Waals surface area contributed by atoms with Gasteiger partial charge in [-0.2, -0.15) is 0 Å². The lowest BCUT2D eigenvalue weighted by atomic mass is 10.1. The number of nitrogens with zero attached hydrogens (tertiary/aromatic N) is 1. The van der Waals surface area contributed by atoms with Crippen LogP contribution >= 0.6 is 0 Å². The Morgan fingerprint density at radius 1 is 0.516 bits per heavy atom. The predicted molar refractivity (Wildman–Crippen MR) is 139 cm³/mol. The van der Waals surface area contributed by atoms with Gasteiger partial charge in [-0.15, -0.1) is 0 Å². The van der Waals surface area contributed by atoms with Gasteiger partial charge in [0.1, 0.15) is 0 Å². The van der Waals surface area contributed by atoms with E-state index in [9.17, 15) is 4.79 Å². The van der Waals surface area contributed by atoms with Gasteiger partial charge in [-0.25, -0.2) is 0 Å². The summed E-state index contributed by atoms with van der Waals surface area (Å²) in [6.45, 7) is 14.6. The van der Waals surface area contributed by atoms with E-state index in [1.54, 1.807) is 6.92 Å². The molecule has 0 aliphatic heterocycles. The summed E-state index contributed by atoms with van der Waals surface area (Å²) >= 11 is 0. The molecule has 0 saturated heterocycles. The number of carbonyl (C=O) groups excluding carboxylic acids is 1. The molecule has 0 aromatic heterocycles. The molecule has 0 radical (unpaired) electrons. The molecule has 0 aromatic rings. The van der Waals surface area contributed by atoms with Gasteiger partial charge in [0, 0.05) is 6.92 Å². The summed E-state index contributed by atoms with van der Waals surface area (Å²) in [5.74, 6) is -0.211. The van der Waals surface area contributed by atoms with Crippen LogP contribution in [0, 0.1) is 0 Å². The van der Waals surface area contributed by atoms with Crippen LogP contribution in [0.15, 0.2) is 0 Å². The molecule has 3 nitrogen and oxygen atoms in total. The summed E-state index contributed by atoms with van der Waals surface area (Å²) in [4.78, 5) is 12.6. The zero-order chi connectivity index (χ0) is 23.4. The average molecular weight is 442 g/mol. The van der Waals surface area contributed by atoms with Crippen molar-refractivity contribution < 1.29 is 9.53 Å². The van der Waals surface area contributed by atoms with Crippen molar-refractivity contribution in [3.8, 4) is 0 Å². The summed E-state index contributed by atoms with van der Waals surface area (Å²) in [7, 11) is 0. The van der Waals surface area contributed by atoms with Crippen LogP contribution in [0.1, 0.15) is 150 Å². The van der Waals surface area contributed by atoms with Crippen molar-refractivity contribution in [2.75, 3.05) is 26.2 Å². The topological polar surface area (TPSA) is 29.5 Å². The Morgan fingerprint density at radius 3 is 1.03 bits per heavy atom. The van der Waals surface area contributed by atoms with Gasteiger partial charge in [0.05, 0.1) is 6.61 Å². The summed E-state index contributed by atoms with van der Waals surface area (Å²) in [5.41, 5.74) is 0. The highest BCUT2D eigenvalue weighted by Crippen LogP contribution is 2.11. The molecule has 0 aromatic carbocycles. The molecule has 0 unspecified atom stereocenters. The summed E-state index contributed by atoms with van der Waals surface area (Å²) < 4.78 is 4.40.